The van der Waals surface area contributed by atoms with Gasteiger partial charge in [-0.15, -0.1) is 0 Å². The summed E-state index contributed by atoms with van der Waals surface area (Å²) >= 11 is 3.22. The van der Waals surface area contributed by atoms with Crippen LogP contribution in [-0.4, -0.2) is 4.98 Å². The van der Waals surface area contributed by atoms with Crippen LogP contribution in [-0.2, 0) is 0 Å². The minimum absolute atomic E-state index is 0.402. The zero-order valence-electron chi connectivity index (χ0n) is 7.07. The zero-order chi connectivity index (χ0) is 9.97. The minimum atomic E-state index is 0.402. The van der Waals surface area contributed by atoms with Crippen molar-refractivity contribution in [2.24, 2.45) is 0 Å². The minimum Gasteiger partial charge on any atom is -0.449 e. The van der Waals surface area contributed by atoms with Crippen molar-refractivity contribution in [1.29, 1.82) is 5.26 Å². The molecule has 2 aromatic heterocycles. The molecule has 0 aliphatic rings. The van der Waals surface area contributed by atoms with Crippen molar-refractivity contribution in [3.05, 3.63) is 40.8 Å². The zero-order valence-corrected chi connectivity index (χ0v) is 8.65. The Hall–Kier alpha value is -1.60. The van der Waals surface area contributed by atoms with Crippen LogP contribution in [0.5, 0.6) is 0 Å². The van der Waals surface area contributed by atoms with Gasteiger partial charge in [-0.25, -0.2) is 4.98 Å². The summed E-state index contributed by atoms with van der Waals surface area (Å²) in [5, 5.41) is 8.56. The number of aromatic nitrogens is 1. The first-order valence-corrected chi connectivity index (χ1v) is 4.71. The molecule has 0 amide bonds. The summed E-state index contributed by atoms with van der Waals surface area (Å²) < 4.78 is 6.01. The molecule has 0 atom stereocenters. The maximum atomic E-state index is 8.56. The Morgan fingerprint density at radius 1 is 1.29 bits per heavy atom. The fourth-order valence-corrected chi connectivity index (χ4v) is 1.38. The average molecular weight is 249 g/mol. The first kappa shape index (κ1) is 8.97. The number of nitriles is 1. The molecule has 68 valence electrons. The topological polar surface area (TPSA) is 49.8 Å². The molecule has 3 nitrogen and oxygen atoms in total. The van der Waals surface area contributed by atoms with E-state index in [-0.39, 0.29) is 0 Å². The normalized spacial score (nSPS) is 9.71. The highest BCUT2D eigenvalue weighted by atomic mass is 79.9. The predicted octanol–water partition coefficient (Wildman–Crippen LogP) is 2.98. The molecule has 2 heterocycles. The van der Waals surface area contributed by atoms with Gasteiger partial charge in [0.25, 0.3) is 0 Å². The Balaban J connectivity index is 2.39. The van der Waals surface area contributed by atoms with E-state index < -0.39 is 0 Å². The van der Waals surface area contributed by atoms with E-state index in [0.717, 1.165) is 11.3 Å². The fraction of sp³-hybridized carbons (Fsp3) is 0. The van der Waals surface area contributed by atoms with Gasteiger partial charge in [-0.05, 0) is 40.2 Å². The molecule has 0 saturated heterocycles. The number of pyridine rings is 1. The van der Waals surface area contributed by atoms with E-state index in [1.807, 2.05) is 18.2 Å². The van der Waals surface area contributed by atoms with E-state index in [4.69, 9.17) is 9.68 Å². The van der Waals surface area contributed by atoms with Crippen LogP contribution in [0.2, 0.25) is 0 Å². The first-order valence-electron chi connectivity index (χ1n) is 3.91. The van der Waals surface area contributed by atoms with E-state index in [1.165, 1.54) is 0 Å². The number of halogens is 1. The van der Waals surface area contributed by atoms with Crippen LogP contribution < -0.4 is 0 Å². The molecule has 14 heavy (non-hydrogen) atoms. The van der Waals surface area contributed by atoms with Crippen LogP contribution in [0.15, 0.2) is 39.5 Å². The fourth-order valence-electron chi connectivity index (χ4n) is 1.08. The molecule has 0 aliphatic carbocycles. The van der Waals surface area contributed by atoms with Crippen LogP contribution in [0.25, 0.3) is 11.3 Å². The summed E-state index contributed by atoms with van der Waals surface area (Å²) in [6, 6.07) is 9.07. The van der Waals surface area contributed by atoms with Crippen LogP contribution in [0.1, 0.15) is 5.69 Å². The standard InChI is InChI=1S/C10H5BrN2O/c11-10-4-3-9(14-10)7-1-2-8(5-12)13-6-7/h1-4,6H. The summed E-state index contributed by atoms with van der Waals surface area (Å²) in [7, 11) is 0. The second-order valence-electron chi connectivity index (χ2n) is 2.65. The van der Waals surface area contributed by atoms with Gasteiger partial charge in [0.1, 0.15) is 17.5 Å². The lowest BCUT2D eigenvalue weighted by atomic mass is 10.2. The van der Waals surface area contributed by atoms with Gasteiger partial charge in [-0.1, -0.05) is 0 Å². The van der Waals surface area contributed by atoms with Crippen molar-refractivity contribution >= 4 is 15.9 Å². The number of hydrogen-bond acceptors (Lipinski definition) is 3. The molecule has 0 saturated carbocycles. The maximum Gasteiger partial charge on any atom is 0.169 e. The summed E-state index contributed by atoms with van der Waals surface area (Å²) in [5.41, 5.74) is 1.26. The second-order valence-corrected chi connectivity index (χ2v) is 3.43. The number of nitrogens with zero attached hydrogens (tertiary/aromatic N) is 2. The smallest absolute Gasteiger partial charge is 0.169 e. The van der Waals surface area contributed by atoms with Gasteiger partial charge in [-0.2, -0.15) is 5.26 Å². The van der Waals surface area contributed by atoms with E-state index in [2.05, 4.69) is 20.9 Å². The van der Waals surface area contributed by atoms with Gasteiger partial charge < -0.3 is 4.42 Å². The molecule has 2 rings (SSSR count). The number of furan rings is 1. The van der Waals surface area contributed by atoms with Gasteiger partial charge in [0.15, 0.2) is 4.67 Å². The first-order chi connectivity index (χ1) is 6.79. The Morgan fingerprint density at radius 2 is 2.14 bits per heavy atom. The van der Waals surface area contributed by atoms with Gasteiger partial charge in [0.05, 0.1) is 0 Å². The van der Waals surface area contributed by atoms with Crippen molar-refractivity contribution in [2.45, 2.75) is 0 Å². The van der Waals surface area contributed by atoms with Crippen molar-refractivity contribution < 1.29 is 4.42 Å². The Bertz CT molecular complexity index is 482. The highest BCUT2D eigenvalue weighted by Crippen LogP contribution is 2.24. The van der Waals surface area contributed by atoms with Crippen LogP contribution >= 0.6 is 15.9 Å². The molecule has 0 radical (unpaired) electrons. The third kappa shape index (κ3) is 1.68. The lowest BCUT2D eigenvalue weighted by molar-refractivity contribution is 0.555. The molecule has 2 aromatic rings. The van der Waals surface area contributed by atoms with Crippen molar-refractivity contribution in [2.75, 3.05) is 0 Å². The van der Waals surface area contributed by atoms with Crippen molar-refractivity contribution in [3.8, 4) is 17.4 Å². The van der Waals surface area contributed by atoms with Crippen LogP contribution in [0.3, 0.4) is 0 Å². The third-order valence-electron chi connectivity index (χ3n) is 1.74. The largest absolute Gasteiger partial charge is 0.449 e. The van der Waals surface area contributed by atoms with Gasteiger partial charge in [0.2, 0.25) is 0 Å². The van der Waals surface area contributed by atoms with E-state index in [1.54, 1.807) is 18.3 Å². The molecule has 0 N–H and O–H groups in total. The van der Waals surface area contributed by atoms with Crippen molar-refractivity contribution in [1.82, 2.24) is 4.98 Å². The lowest BCUT2D eigenvalue weighted by Gasteiger charge is -1.94. The van der Waals surface area contributed by atoms with Crippen LogP contribution in [0, 0.1) is 11.3 Å². The van der Waals surface area contributed by atoms with Crippen molar-refractivity contribution in [3.63, 3.8) is 0 Å². The highest BCUT2D eigenvalue weighted by Gasteiger charge is 2.03. The van der Waals surface area contributed by atoms with Gasteiger partial charge in [-0.3, -0.25) is 0 Å². The molecule has 0 unspecified atom stereocenters. The maximum absolute atomic E-state index is 8.56. The predicted molar refractivity (Wildman–Crippen MR) is 54.4 cm³/mol. The van der Waals surface area contributed by atoms with Crippen LogP contribution in [0.4, 0.5) is 0 Å². The molecule has 0 bridgehead atoms. The summed E-state index contributed by atoms with van der Waals surface area (Å²) in [5.74, 6) is 0.730. The Labute approximate surface area is 89.1 Å². The summed E-state index contributed by atoms with van der Waals surface area (Å²) in [4.78, 5) is 3.95. The van der Waals surface area contributed by atoms with Gasteiger partial charge in [0, 0.05) is 11.8 Å². The quantitative estimate of drug-likeness (QED) is 0.780. The number of rotatable bonds is 1. The molecule has 4 heteroatoms. The van der Waals surface area contributed by atoms with Gasteiger partial charge >= 0.3 is 0 Å². The SMILES string of the molecule is N#Cc1ccc(-c2ccc(Br)o2)cn1. The highest BCUT2D eigenvalue weighted by molar-refractivity contribution is 9.10. The van der Waals surface area contributed by atoms with E-state index >= 15 is 0 Å². The summed E-state index contributed by atoms with van der Waals surface area (Å²) in [6.45, 7) is 0. The number of hydrogen-bond donors (Lipinski definition) is 0. The molecular weight excluding hydrogens is 244 g/mol. The lowest BCUT2D eigenvalue weighted by Crippen LogP contribution is -1.81. The average Bonchev–Trinajstić information content (AvgIpc) is 2.65. The third-order valence-corrected chi connectivity index (χ3v) is 2.16. The monoisotopic (exact) mass is 248 g/mol. The Kier molecular flexibility index (Phi) is 2.33. The van der Waals surface area contributed by atoms with E-state index in [9.17, 15) is 0 Å². The molecule has 0 spiro atoms. The summed E-state index contributed by atoms with van der Waals surface area (Å²) in [6.07, 6.45) is 1.61. The van der Waals surface area contributed by atoms with E-state index in [0.29, 0.717) is 10.4 Å². The molecule has 0 aliphatic heterocycles. The second kappa shape index (κ2) is 3.64. The molecule has 0 fully saturated rings. The molecule has 0 aromatic carbocycles. The Morgan fingerprint density at radius 3 is 2.64 bits per heavy atom. The molecular formula is C10H5BrN2O.